The summed E-state index contributed by atoms with van der Waals surface area (Å²) in [6.45, 7) is 9.05. The van der Waals surface area contributed by atoms with Crippen LogP contribution < -0.4 is 21.7 Å². The zero-order valence-corrected chi connectivity index (χ0v) is 28.6. The van der Waals surface area contributed by atoms with E-state index in [-0.39, 0.29) is 59.3 Å². The number of nitrogens with two attached hydrogens (primary N) is 1. The summed E-state index contributed by atoms with van der Waals surface area (Å²) >= 11 is 2.65. The minimum absolute atomic E-state index is 0.0356. The number of carbonyl (C=O) groups excluding carboxylic acids is 4. The highest BCUT2D eigenvalue weighted by Gasteiger charge is 2.27. The second-order valence-electron chi connectivity index (χ2n) is 12.4. The van der Waals surface area contributed by atoms with Gasteiger partial charge in [0.1, 0.15) is 21.4 Å². The van der Waals surface area contributed by atoms with Crippen LogP contribution in [0.3, 0.4) is 0 Å². The van der Waals surface area contributed by atoms with Crippen molar-refractivity contribution < 1.29 is 19.2 Å². The van der Waals surface area contributed by atoms with Crippen LogP contribution in [0.4, 0.5) is 0 Å². The number of benzene rings is 1. The van der Waals surface area contributed by atoms with Crippen LogP contribution in [0.5, 0.6) is 0 Å². The van der Waals surface area contributed by atoms with Gasteiger partial charge >= 0.3 is 0 Å². The van der Waals surface area contributed by atoms with E-state index in [0.29, 0.717) is 55.3 Å². The van der Waals surface area contributed by atoms with Gasteiger partial charge in [-0.2, -0.15) is 0 Å². The predicted molar refractivity (Wildman–Crippen MR) is 180 cm³/mol. The number of hydrogen-bond donors (Lipinski definition) is 4. The van der Waals surface area contributed by atoms with Gasteiger partial charge in [-0.25, -0.2) is 9.97 Å². The van der Waals surface area contributed by atoms with Crippen LogP contribution in [-0.4, -0.2) is 64.2 Å². The largest absolute Gasteiger partial charge is 0.351 e. The van der Waals surface area contributed by atoms with Crippen molar-refractivity contribution in [2.24, 2.45) is 17.6 Å². The average molecular weight is 668 g/mol. The third-order valence-corrected chi connectivity index (χ3v) is 9.69. The van der Waals surface area contributed by atoms with Gasteiger partial charge < -0.3 is 26.6 Å². The molecule has 0 aliphatic carbocycles. The van der Waals surface area contributed by atoms with Crippen molar-refractivity contribution in [1.82, 2.24) is 30.8 Å². The summed E-state index contributed by atoms with van der Waals surface area (Å²) in [5, 5.41) is 13.8. The molecule has 4 amide bonds. The molecule has 5 N–H and O–H groups in total. The van der Waals surface area contributed by atoms with Crippen molar-refractivity contribution in [3.63, 3.8) is 0 Å². The van der Waals surface area contributed by atoms with Gasteiger partial charge in [0, 0.05) is 36.8 Å². The third kappa shape index (κ3) is 9.91. The Morgan fingerprint density at radius 1 is 0.913 bits per heavy atom. The average Bonchev–Trinajstić information content (AvgIpc) is 3.72. The topological polar surface area (TPSA) is 159 Å². The molecule has 13 heteroatoms. The Balaban J connectivity index is 1.62. The second kappa shape index (κ2) is 16.8. The van der Waals surface area contributed by atoms with Crippen molar-refractivity contribution in [2.75, 3.05) is 19.6 Å². The first-order valence-electron chi connectivity index (χ1n) is 15.9. The summed E-state index contributed by atoms with van der Waals surface area (Å²) in [7, 11) is 0. The van der Waals surface area contributed by atoms with Crippen LogP contribution >= 0.6 is 22.7 Å². The maximum atomic E-state index is 13.5. The summed E-state index contributed by atoms with van der Waals surface area (Å²) in [6, 6.07) is 8.28. The summed E-state index contributed by atoms with van der Waals surface area (Å²) in [5.41, 5.74) is 7.75. The van der Waals surface area contributed by atoms with E-state index in [9.17, 15) is 19.2 Å². The van der Waals surface area contributed by atoms with Gasteiger partial charge in [0.05, 0.1) is 18.1 Å². The van der Waals surface area contributed by atoms with Gasteiger partial charge in [-0.3, -0.25) is 19.2 Å². The molecule has 0 fully saturated rings. The monoisotopic (exact) mass is 667 g/mol. The van der Waals surface area contributed by atoms with Crippen LogP contribution in [-0.2, 0) is 16.0 Å². The SMILES string of the molecule is CC(C)C[C@@H]1NC(=O)CCCN(C(=O)[C@H](N)C(C)C)CCCNC(=O)c2csc(n2)[C@H](Cc2ccccc2)NC(=O)c2csc1n2. The molecule has 3 heterocycles. The molecule has 0 radical (unpaired) electrons. The van der Waals surface area contributed by atoms with E-state index < -0.39 is 12.1 Å². The Morgan fingerprint density at radius 2 is 1.54 bits per heavy atom. The van der Waals surface area contributed by atoms with Crippen LogP contribution in [0.1, 0.15) is 102 Å². The Kier molecular flexibility index (Phi) is 12.8. The first-order valence-corrected chi connectivity index (χ1v) is 17.6. The van der Waals surface area contributed by atoms with Gasteiger partial charge in [-0.05, 0) is 43.1 Å². The van der Waals surface area contributed by atoms with Crippen molar-refractivity contribution in [2.45, 2.75) is 77.9 Å². The van der Waals surface area contributed by atoms with Gasteiger partial charge in [0.15, 0.2) is 0 Å². The van der Waals surface area contributed by atoms with E-state index in [1.165, 1.54) is 22.7 Å². The lowest BCUT2D eigenvalue weighted by atomic mass is 10.0. The molecular weight excluding hydrogens is 623 g/mol. The van der Waals surface area contributed by atoms with E-state index in [0.717, 1.165) is 5.56 Å². The lowest BCUT2D eigenvalue weighted by Crippen LogP contribution is -2.47. The molecule has 3 atom stereocenters. The second-order valence-corrected chi connectivity index (χ2v) is 14.2. The molecule has 1 aliphatic rings. The van der Waals surface area contributed by atoms with E-state index in [2.05, 4.69) is 39.8 Å². The highest BCUT2D eigenvalue weighted by atomic mass is 32.1. The maximum Gasteiger partial charge on any atom is 0.271 e. The minimum atomic E-state index is -0.652. The Morgan fingerprint density at radius 3 is 2.20 bits per heavy atom. The lowest BCUT2D eigenvalue weighted by Gasteiger charge is -2.27. The molecule has 248 valence electrons. The number of fused-ring (bicyclic) bond motifs is 4. The van der Waals surface area contributed by atoms with Crippen molar-refractivity contribution in [3.8, 4) is 0 Å². The molecule has 4 rings (SSSR count). The molecule has 3 aromatic rings. The number of amides is 4. The fraction of sp³-hybridized carbons (Fsp3) is 0.515. The van der Waals surface area contributed by atoms with Crippen LogP contribution in [0, 0.1) is 11.8 Å². The van der Waals surface area contributed by atoms with Gasteiger partial charge in [-0.1, -0.05) is 58.0 Å². The number of rotatable bonds is 6. The number of nitrogens with one attached hydrogen (secondary N) is 3. The van der Waals surface area contributed by atoms with Crippen molar-refractivity contribution in [3.05, 3.63) is 68.1 Å². The molecule has 0 saturated carbocycles. The molecule has 0 spiro atoms. The molecule has 46 heavy (non-hydrogen) atoms. The van der Waals surface area contributed by atoms with Crippen molar-refractivity contribution in [1.29, 1.82) is 0 Å². The lowest BCUT2D eigenvalue weighted by molar-refractivity contribution is -0.134. The number of hydrogen-bond acceptors (Lipinski definition) is 9. The molecule has 0 saturated heterocycles. The first kappa shape index (κ1) is 35.2. The zero-order chi connectivity index (χ0) is 33.2. The number of thiazole rings is 2. The van der Waals surface area contributed by atoms with E-state index >= 15 is 0 Å². The van der Waals surface area contributed by atoms with Crippen molar-refractivity contribution >= 4 is 46.3 Å². The molecule has 11 nitrogen and oxygen atoms in total. The third-order valence-electron chi connectivity index (χ3n) is 7.77. The predicted octanol–water partition coefficient (Wildman–Crippen LogP) is 4.24. The highest BCUT2D eigenvalue weighted by molar-refractivity contribution is 7.10. The fourth-order valence-electron chi connectivity index (χ4n) is 5.17. The Bertz CT molecular complexity index is 1470. The summed E-state index contributed by atoms with van der Waals surface area (Å²) in [5.74, 6) is -0.753. The van der Waals surface area contributed by atoms with E-state index in [4.69, 9.17) is 5.73 Å². The number of aromatic nitrogens is 2. The Hall–Kier alpha value is -3.68. The molecule has 1 aliphatic heterocycles. The van der Waals surface area contributed by atoms with E-state index in [1.54, 1.807) is 15.7 Å². The molecule has 0 unspecified atom stereocenters. The van der Waals surface area contributed by atoms with Crippen LogP contribution in [0.2, 0.25) is 0 Å². The smallest absolute Gasteiger partial charge is 0.271 e. The minimum Gasteiger partial charge on any atom is -0.351 e. The van der Waals surface area contributed by atoms with E-state index in [1.807, 2.05) is 44.2 Å². The van der Waals surface area contributed by atoms with Gasteiger partial charge in [0.2, 0.25) is 11.8 Å². The quantitative estimate of drug-likeness (QED) is 0.306. The molecule has 4 bridgehead atoms. The van der Waals surface area contributed by atoms with Gasteiger partial charge in [0.25, 0.3) is 11.8 Å². The van der Waals surface area contributed by atoms with Crippen LogP contribution in [0.25, 0.3) is 0 Å². The highest BCUT2D eigenvalue weighted by Crippen LogP contribution is 2.27. The molecule has 1 aromatic carbocycles. The maximum absolute atomic E-state index is 13.5. The summed E-state index contributed by atoms with van der Waals surface area (Å²) in [6.07, 6.45) is 2.33. The number of nitrogens with zero attached hydrogens (tertiary/aromatic N) is 3. The molecule has 2 aromatic heterocycles. The fourth-order valence-corrected chi connectivity index (χ4v) is 6.88. The standard InChI is InChI=1S/C33H45N7O4S2/c1-20(2)16-23-31-39-26(19-46-31)30(43)37-24(17-22-10-6-5-7-11-22)32-38-25(18-45-32)29(42)35-13-9-15-40(14-8-12-27(41)36-23)33(44)28(34)21(3)4/h5-7,10-11,18-21,23-24,28H,8-9,12-17,34H2,1-4H3,(H,35,42)(H,36,41)(H,37,43)/t23-,24-,28+/m0/s1. The molecular formula is C33H45N7O4S2. The first-order chi connectivity index (χ1) is 22.0. The summed E-state index contributed by atoms with van der Waals surface area (Å²) in [4.78, 5) is 63.8. The number of carbonyl (C=O) groups is 4. The van der Waals surface area contributed by atoms with Gasteiger partial charge in [-0.15, -0.1) is 22.7 Å². The zero-order valence-electron chi connectivity index (χ0n) is 27.0. The Labute approximate surface area is 278 Å². The normalized spacial score (nSPS) is 19.6. The van der Waals surface area contributed by atoms with Crippen LogP contribution in [0.15, 0.2) is 41.1 Å². The summed E-state index contributed by atoms with van der Waals surface area (Å²) < 4.78 is 0.